The number of rotatable bonds is 5. The van der Waals surface area contributed by atoms with Crippen LogP contribution in [0, 0.1) is 0 Å². The Bertz CT molecular complexity index is 589. The van der Waals surface area contributed by atoms with E-state index in [-0.39, 0.29) is 5.91 Å². The van der Waals surface area contributed by atoms with Crippen LogP contribution in [0.5, 0.6) is 11.5 Å². The molecule has 0 atom stereocenters. The summed E-state index contributed by atoms with van der Waals surface area (Å²) in [5.41, 5.74) is 5.97. The molecule has 0 radical (unpaired) electrons. The molecular formula is C16H19N3O2. The maximum Gasteiger partial charge on any atom is 0.251 e. The number of carbonyl (C=O) groups is 1. The summed E-state index contributed by atoms with van der Waals surface area (Å²) in [4.78, 5) is 15.9. The molecule has 1 heterocycles. The predicted molar refractivity (Wildman–Crippen MR) is 81.4 cm³/mol. The van der Waals surface area contributed by atoms with Gasteiger partial charge in [0.25, 0.3) is 5.91 Å². The molecule has 2 rings (SSSR count). The van der Waals surface area contributed by atoms with E-state index in [2.05, 4.69) is 10.3 Å². The zero-order valence-corrected chi connectivity index (χ0v) is 12.2. The molecule has 0 fully saturated rings. The van der Waals surface area contributed by atoms with Crippen molar-refractivity contribution in [2.45, 2.75) is 19.4 Å². The molecule has 0 aliphatic carbocycles. The van der Waals surface area contributed by atoms with Gasteiger partial charge in [-0.05, 0) is 50.2 Å². The predicted octanol–water partition coefficient (Wildman–Crippen LogP) is 2.34. The van der Waals surface area contributed by atoms with Crippen molar-refractivity contribution >= 4 is 5.91 Å². The SMILES string of the molecule is CC(C)(N)CNC(=O)c1ccc(Oc2cccnc2)cc1. The lowest BCUT2D eigenvalue weighted by atomic mass is 10.1. The lowest BCUT2D eigenvalue weighted by Gasteiger charge is -2.18. The average Bonchev–Trinajstić information content (AvgIpc) is 2.46. The molecule has 21 heavy (non-hydrogen) atoms. The third-order valence-electron chi connectivity index (χ3n) is 2.69. The van der Waals surface area contributed by atoms with E-state index >= 15 is 0 Å². The second-order valence-corrected chi connectivity index (χ2v) is 5.49. The smallest absolute Gasteiger partial charge is 0.251 e. The quantitative estimate of drug-likeness (QED) is 0.884. The Morgan fingerprint density at radius 3 is 2.52 bits per heavy atom. The van der Waals surface area contributed by atoms with Crippen LogP contribution in [0.1, 0.15) is 24.2 Å². The van der Waals surface area contributed by atoms with Crippen LogP contribution in [-0.2, 0) is 0 Å². The highest BCUT2D eigenvalue weighted by Gasteiger charge is 2.13. The molecule has 3 N–H and O–H groups in total. The van der Waals surface area contributed by atoms with E-state index in [1.54, 1.807) is 42.7 Å². The van der Waals surface area contributed by atoms with Gasteiger partial charge in [0.1, 0.15) is 11.5 Å². The summed E-state index contributed by atoms with van der Waals surface area (Å²) in [6.07, 6.45) is 3.31. The number of pyridine rings is 1. The summed E-state index contributed by atoms with van der Waals surface area (Å²) in [7, 11) is 0. The number of ether oxygens (including phenoxy) is 1. The van der Waals surface area contributed by atoms with Gasteiger partial charge >= 0.3 is 0 Å². The first-order chi connectivity index (χ1) is 9.94. The van der Waals surface area contributed by atoms with Gasteiger partial charge in [0.2, 0.25) is 0 Å². The van der Waals surface area contributed by atoms with Gasteiger partial charge in [0.15, 0.2) is 0 Å². The van der Waals surface area contributed by atoms with Crippen molar-refractivity contribution in [2.24, 2.45) is 5.73 Å². The highest BCUT2D eigenvalue weighted by atomic mass is 16.5. The third kappa shape index (κ3) is 4.89. The van der Waals surface area contributed by atoms with E-state index in [9.17, 15) is 4.79 Å². The summed E-state index contributed by atoms with van der Waals surface area (Å²) in [6, 6.07) is 10.5. The Morgan fingerprint density at radius 1 is 1.24 bits per heavy atom. The van der Waals surface area contributed by atoms with E-state index in [1.165, 1.54) is 0 Å². The van der Waals surface area contributed by atoms with Gasteiger partial charge in [-0.15, -0.1) is 0 Å². The lowest BCUT2D eigenvalue weighted by molar-refractivity contribution is 0.0946. The first kappa shape index (κ1) is 15.0. The maximum absolute atomic E-state index is 11.9. The minimum absolute atomic E-state index is 0.151. The number of hydrogen-bond acceptors (Lipinski definition) is 4. The van der Waals surface area contributed by atoms with Crippen molar-refractivity contribution in [2.75, 3.05) is 6.54 Å². The fraction of sp³-hybridized carbons (Fsp3) is 0.250. The first-order valence-corrected chi connectivity index (χ1v) is 6.69. The molecule has 0 unspecified atom stereocenters. The highest BCUT2D eigenvalue weighted by Crippen LogP contribution is 2.20. The largest absolute Gasteiger partial charge is 0.456 e. The van der Waals surface area contributed by atoms with Crippen LogP contribution in [0.4, 0.5) is 0 Å². The van der Waals surface area contributed by atoms with Crippen LogP contribution in [0.2, 0.25) is 0 Å². The van der Waals surface area contributed by atoms with Crippen LogP contribution < -0.4 is 15.8 Å². The number of benzene rings is 1. The van der Waals surface area contributed by atoms with Crippen molar-refractivity contribution in [1.82, 2.24) is 10.3 Å². The minimum atomic E-state index is -0.432. The van der Waals surface area contributed by atoms with E-state index in [0.717, 1.165) is 0 Å². The summed E-state index contributed by atoms with van der Waals surface area (Å²) < 4.78 is 5.61. The Morgan fingerprint density at radius 2 is 1.95 bits per heavy atom. The van der Waals surface area contributed by atoms with Crippen LogP contribution in [0.3, 0.4) is 0 Å². The van der Waals surface area contributed by atoms with Crippen molar-refractivity contribution in [1.29, 1.82) is 0 Å². The van der Waals surface area contributed by atoms with Crippen LogP contribution in [0.15, 0.2) is 48.8 Å². The van der Waals surface area contributed by atoms with Gasteiger partial charge in [-0.2, -0.15) is 0 Å². The molecule has 110 valence electrons. The maximum atomic E-state index is 11.9. The Balaban J connectivity index is 1.97. The summed E-state index contributed by atoms with van der Waals surface area (Å²) in [5.74, 6) is 1.15. The topological polar surface area (TPSA) is 77.2 Å². The molecule has 2 aromatic rings. The highest BCUT2D eigenvalue weighted by molar-refractivity contribution is 5.94. The number of amides is 1. The normalized spacial score (nSPS) is 11.0. The molecule has 1 aromatic carbocycles. The second-order valence-electron chi connectivity index (χ2n) is 5.49. The van der Waals surface area contributed by atoms with E-state index < -0.39 is 5.54 Å². The van der Waals surface area contributed by atoms with Crippen LogP contribution in [0.25, 0.3) is 0 Å². The molecule has 5 nitrogen and oxygen atoms in total. The molecule has 5 heteroatoms. The van der Waals surface area contributed by atoms with Crippen molar-refractivity contribution in [3.8, 4) is 11.5 Å². The zero-order chi connectivity index (χ0) is 15.3. The molecule has 0 aliphatic rings. The Labute approximate surface area is 124 Å². The number of nitrogens with one attached hydrogen (secondary N) is 1. The summed E-state index contributed by atoms with van der Waals surface area (Å²) in [6.45, 7) is 4.13. The molecule has 1 amide bonds. The lowest BCUT2D eigenvalue weighted by Crippen LogP contribution is -2.45. The minimum Gasteiger partial charge on any atom is -0.456 e. The number of carbonyl (C=O) groups excluding carboxylic acids is 1. The van der Waals surface area contributed by atoms with Gasteiger partial charge in [0.05, 0.1) is 6.20 Å². The van der Waals surface area contributed by atoms with Crippen molar-refractivity contribution in [3.05, 3.63) is 54.4 Å². The van der Waals surface area contributed by atoms with Gasteiger partial charge < -0.3 is 15.8 Å². The van der Waals surface area contributed by atoms with Gasteiger partial charge in [-0.1, -0.05) is 0 Å². The number of aromatic nitrogens is 1. The van der Waals surface area contributed by atoms with Gasteiger partial charge in [-0.3, -0.25) is 9.78 Å². The first-order valence-electron chi connectivity index (χ1n) is 6.69. The van der Waals surface area contributed by atoms with Crippen LogP contribution >= 0.6 is 0 Å². The molecule has 0 saturated heterocycles. The van der Waals surface area contributed by atoms with Gasteiger partial charge in [0, 0.05) is 23.8 Å². The number of nitrogens with zero attached hydrogens (tertiary/aromatic N) is 1. The molecular weight excluding hydrogens is 266 g/mol. The molecule has 0 aliphatic heterocycles. The fourth-order valence-corrected chi connectivity index (χ4v) is 1.63. The van der Waals surface area contributed by atoms with E-state index in [1.807, 2.05) is 19.9 Å². The monoisotopic (exact) mass is 285 g/mol. The van der Waals surface area contributed by atoms with Gasteiger partial charge in [-0.25, -0.2) is 0 Å². The number of hydrogen-bond donors (Lipinski definition) is 2. The summed E-state index contributed by atoms with van der Waals surface area (Å²) in [5, 5.41) is 2.79. The molecule has 1 aromatic heterocycles. The average molecular weight is 285 g/mol. The van der Waals surface area contributed by atoms with E-state index in [0.29, 0.717) is 23.6 Å². The zero-order valence-electron chi connectivity index (χ0n) is 12.2. The Hall–Kier alpha value is -2.40. The standard InChI is InChI=1S/C16H19N3O2/c1-16(2,17)11-19-15(20)12-5-7-13(8-6-12)21-14-4-3-9-18-10-14/h3-10H,11,17H2,1-2H3,(H,19,20). The molecule has 0 spiro atoms. The third-order valence-corrected chi connectivity index (χ3v) is 2.69. The number of nitrogens with two attached hydrogens (primary N) is 1. The van der Waals surface area contributed by atoms with Crippen LogP contribution in [-0.4, -0.2) is 23.0 Å². The van der Waals surface area contributed by atoms with Crippen molar-refractivity contribution in [3.63, 3.8) is 0 Å². The molecule has 0 saturated carbocycles. The Kier molecular flexibility index (Phi) is 4.55. The fourth-order valence-electron chi connectivity index (χ4n) is 1.63. The molecule has 0 bridgehead atoms. The second kappa shape index (κ2) is 6.37. The van der Waals surface area contributed by atoms with E-state index in [4.69, 9.17) is 10.5 Å². The van der Waals surface area contributed by atoms with Crippen molar-refractivity contribution < 1.29 is 9.53 Å². The summed E-state index contributed by atoms with van der Waals surface area (Å²) >= 11 is 0.